The van der Waals surface area contributed by atoms with Crippen molar-refractivity contribution >= 4 is 11.6 Å². The van der Waals surface area contributed by atoms with Gasteiger partial charge in [-0.1, -0.05) is 29.8 Å². The van der Waals surface area contributed by atoms with Crippen LogP contribution in [0.25, 0.3) is 0 Å². The molecule has 2 fully saturated rings. The lowest BCUT2D eigenvalue weighted by molar-refractivity contribution is -0.333. The van der Waals surface area contributed by atoms with Gasteiger partial charge in [-0.3, -0.25) is 0 Å². The van der Waals surface area contributed by atoms with E-state index in [1.165, 1.54) is 6.92 Å². The second-order valence-electron chi connectivity index (χ2n) is 8.07. The largest absolute Gasteiger partial charge is 0.494 e. The molecule has 4 rings (SSSR count). The second-order valence-corrected chi connectivity index (χ2v) is 8.48. The summed E-state index contributed by atoms with van der Waals surface area (Å²) in [5.74, 6) is -1.04. The molecular weight excluding hydrogens is 427 g/mol. The Morgan fingerprint density at radius 1 is 1.16 bits per heavy atom. The van der Waals surface area contributed by atoms with Crippen molar-refractivity contribution in [3.63, 3.8) is 0 Å². The van der Waals surface area contributed by atoms with Crippen molar-refractivity contribution in [2.45, 2.75) is 56.1 Å². The van der Waals surface area contributed by atoms with Gasteiger partial charge in [0.2, 0.25) is 5.79 Å². The number of fused-ring (bicyclic) bond motifs is 2. The van der Waals surface area contributed by atoms with Crippen LogP contribution in [0.5, 0.6) is 5.75 Å². The van der Waals surface area contributed by atoms with Crippen LogP contribution in [0.2, 0.25) is 5.02 Å². The summed E-state index contributed by atoms with van der Waals surface area (Å²) in [4.78, 5) is 0. The van der Waals surface area contributed by atoms with E-state index in [9.17, 15) is 19.7 Å². The van der Waals surface area contributed by atoms with Gasteiger partial charge in [0.05, 0.1) is 13.2 Å². The normalized spacial score (nSPS) is 33.3. The lowest BCUT2D eigenvalue weighted by Crippen LogP contribution is -2.66. The summed E-state index contributed by atoms with van der Waals surface area (Å²) in [5.41, 5.74) is 0.343. The molecule has 0 amide bonds. The first-order valence-corrected chi connectivity index (χ1v) is 10.6. The van der Waals surface area contributed by atoms with Crippen LogP contribution in [-0.2, 0) is 21.7 Å². The first kappa shape index (κ1) is 22.5. The number of alkyl halides is 1. The van der Waals surface area contributed by atoms with Gasteiger partial charge in [-0.2, -0.15) is 0 Å². The van der Waals surface area contributed by atoms with Gasteiger partial charge in [0, 0.05) is 10.6 Å². The van der Waals surface area contributed by atoms with Crippen LogP contribution in [-0.4, -0.2) is 58.6 Å². The highest BCUT2D eigenvalue weighted by Crippen LogP contribution is 2.51. The molecule has 2 saturated heterocycles. The van der Waals surface area contributed by atoms with Crippen LogP contribution in [0.3, 0.4) is 0 Å². The molecule has 8 heteroatoms. The number of hydrogen-bond donors (Lipinski definition) is 3. The van der Waals surface area contributed by atoms with Crippen LogP contribution < -0.4 is 4.74 Å². The minimum absolute atomic E-state index is 0.309. The number of rotatable bonds is 6. The Morgan fingerprint density at radius 2 is 1.87 bits per heavy atom. The Labute approximate surface area is 185 Å². The van der Waals surface area contributed by atoms with Crippen molar-refractivity contribution in [3.8, 4) is 5.75 Å². The predicted molar refractivity (Wildman–Crippen MR) is 112 cm³/mol. The Bertz CT molecular complexity index is 938. The fourth-order valence-electron chi connectivity index (χ4n) is 4.30. The van der Waals surface area contributed by atoms with Crippen molar-refractivity contribution in [2.75, 3.05) is 13.2 Å². The molecule has 0 unspecified atom stereocenters. The fourth-order valence-corrected chi connectivity index (χ4v) is 4.49. The van der Waals surface area contributed by atoms with Crippen molar-refractivity contribution < 1.29 is 33.9 Å². The molecule has 0 aliphatic carbocycles. The molecule has 0 saturated carbocycles. The summed E-state index contributed by atoms with van der Waals surface area (Å²) in [5, 5.41) is 32.1. The molecule has 6 nitrogen and oxygen atoms in total. The Balaban J connectivity index is 1.67. The lowest BCUT2D eigenvalue weighted by atomic mass is 9.81. The third kappa shape index (κ3) is 3.63. The van der Waals surface area contributed by atoms with E-state index in [0.717, 1.165) is 16.9 Å². The van der Waals surface area contributed by atoms with Crippen LogP contribution in [0.15, 0.2) is 42.5 Å². The van der Waals surface area contributed by atoms with E-state index in [2.05, 4.69) is 0 Å². The molecule has 31 heavy (non-hydrogen) atoms. The van der Waals surface area contributed by atoms with E-state index >= 15 is 0 Å². The van der Waals surface area contributed by atoms with Crippen LogP contribution in [0.1, 0.15) is 30.5 Å². The van der Waals surface area contributed by atoms with Gasteiger partial charge in [-0.15, -0.1) is 0 Å². The van der Waals surface area contributed by atoms with Gasteiger partial charge in [0.25, 0.3) is 0 Å². The molecule has 168 valence electrons. The molecule has 2 aromatic rings. The molecule has 0 spiro atoms. The number of aliphatic hydroxyl groups is 3. The number of hydrogen-bond acceptors (Lipinski definition) is 6. The predicted octanol–water partition coefficient (Wildman–Crippen LogP) is 2.72. The third-order valence-corrected chi connectivity index (χ3v) is 6.51. The Kier molecular flexibility index (Phi) is 6.02. The molecule has 2 bridgehead atoms. The zero-order valence-electron chi connectivity index (χ0n) is 17.3. The molecule has 2 aliphatic rings. The highest BCUT2D eigenvalue weighted by Gasteiger charge is 2.69. The van der Waals surface area contributed by atoms with Gasteiger partial charge in [0.15, 0.2) is 5.60 Å². The van der Waals surface area contributed by atoms with Gasteiger partial charge >= 0.3 is 0 Å². The zero-order chi connectivity index (χ0) is 22.4. The van der Waals surface area contributed by atoms with E-state index in [4.69, 9.17) is 25.8 Å². The highest BCUT2D eigenvalue weighted by molar-refractivity contribution is 6.31. The monoisotopic (exact) mass is 452 g/mol. The topological polar surface area (TPSA) is 88.4 Å². The lowest BCUT2D eigenvalue weighted by Gasteiger charge is -2.47. The molecule has 2 aliphatic heterocycles. The van der Waals surface area contributed by atoms with Crippen molar-refractivity contribution in [2.24, 2.45) is 0 Å². The summed E-state index contributed by atoms with van der Waals surface area (Å²) in [6, 6.07) is 12.6. The summed E-state index contributed by atoms with van der Waals surface area (Å²) in [7, 11) is 0. The molecule has 3 N–H and O–H groups in total. The molecule has 0 aromatic heterocycles. The first-order chi connectivity index (χ1) is 14.7. The van der Waals surface area contributed by atoms with E-state index < -0.39 is 35.9 Å². The van der Waals surface area contributed by atoms with Crippen LogP contribution in [0.4, 0.5) is 4.39 Å². The minimum Gasteiger partial charge on any atom is -0.494 e. The number of benzene rings is 2. The van der Waals surface area contributed by atoms with Crippen LogP contribution >= 0.6 is 11.6 Å². The van der Waals surface area contributed by atoms with E-state index in [-0.39, 0.29) is 6.61 Å². The standard InChI is InChI=1S/C23H26ClFO6/c1-3-29-17-7-4-14(5-8-17)10-15-11-16(6-9-18(15)24)23-21(28)19(26)20(27)22(31-23,12-30-23)13(2)25/h4-9,11,13,19-21,26-28H,3,10,12H2,1-2H3/t13-,19-,20-,21+,22+,23-/m0/s1. The average molecular weight is 453 g/mol. The minimum atomic E-state index is -1.81. The fraction of sp³-hybridized carbons (Fsp3) is 0.478. The second kappa shape index (κ2) is 8.31. The summed E-state index contributed by atoms with van der Waals surface area (Å²) in [6.07, 6.45) is -6.03. The number of ether oxygens (including phenoxy) is 3. The Hall–Kier alpha value is -1.74. The SMILES string of the molecule is CCOc1ccc(Cc2cc([C@]34OC[C@]([C@H](C)F)(O3)[C@@H](O)[C@H](O)[C@H]4O)ccc2Cl)cc1. The van der Waals surface area contributed by atoms with Gasteiger partial charge in [0.1, 0.15) is 30.2 Å². The maximum absolute atomic E-state index is 14.4. The van der Waals surface area contributed by atoms with Gasteiger partial charge in [-0.05, 0) is 55.7 Å². The maximum atomic E-state index is 14.4. The molecule has 2 aromatic carbocycles. The summed E-state index contributed by atoms with van der Waals surface area (Å²) in [6.45, 7) is 3.42. The van der Waals surface area contributed by atoms with E-state index in [0.29, 0.717) is 23.6 Å². The first-order valence-electron chi connectivity index (χ1n) is 10.3. The Morgan fingerprint density at radius 3 is 2.52 bits per heavy atom. The summed E-state index contributed by atoms with van der Waals surface area (Å²) >= 11 is 6.41. The highest BCUT2D eigenvalue weighted by atomic mass is 35.5. The van der Waals surface area contributed by atoms with Crippen molar-refractivity contribution in [1.82, 2.24) is 0 Å². The van der Waals surface area contributed by atoms with Gasteiger partial charge in [-0.25, -0.2) is 4.39 Å². The quantitative estimate of drug-likeness (QED) is 0.624. The van der Waals surface area contributed by atoms with Gasteiger partial charge < -0.3 is 29.5 Å². The summed E-state index contributed by atoms with van der Waals surface area (Å²) < 4.78 is 31.5. The van der Waals surface area contributed by atoms with Crippen molar-refractivity contribution in [1.29, 1.82) is 0 Å². The number of halogens is 2. The zero-order valence-corrected chi connectivity index (χ0v) is 18.1. The number of aliphatic hydroxyl groups excluding tert-OH is 3. The third-order valence-electron chi connectivity index (χ3n) is 6.14. The average Bonchev–Trinajstić information content (AvgIpc) is 3.15. The molecular formula is C23H26ClFO6. The van der Waals surface area contributed by atoms with Crippen molar-refractivity contribution in [3.05, 3.63) is 64.2 Å². The smallest absolute Gasteiger partial charge is 0.225 e. The van der Waals surface area contributed by atoms with E-state index in [1.807, 2.05) is 31.2 Å². The molecule has 0 radical (unpaired) electrons. The maximum Gasteiger partial charge on any atom is 0.225 e. The molecule has 2 heterocycles. The molecule has 6 atom stereocenters. The van der Waals surface area contributed by atoms with E-state index in [1.54, 1.807) is 18.2 Å². The van der Waals surface area contributed by atoms with Crippen LogP contribution in [0, 0.1) is 0 Å².